The van der Waals surface area contributed by atoms with E-state index < -0.39 is 0 Å². The van der Waals surface area contributed by atoms with Crippen LogP contribution in [0.3, 0.4) is 0 Å². The minimum absolute atomic E-state index is 0.0667. The molecular formula is C17H24N2O2. The fourth-order valence-corrected chi connectivity index (χ4v) is 2.73. The third-order valence-corrected chi connectivity index (χ3v) is 3.90. The summed E-state index contributed by atoms with van der Waals surface area (Å²) in [4.78, 5) is 14.6. The van der Waals surface area contributed by atoms with Gasteiger partial charge in [0.05, 0.1) is 0 Å². The van der Waals surface area contributed by atoms with E-state index in [1.807, 2.05) is 36.1 Å². The van der Waals surface area contributed by atoms with Crippen molar-refractivity contribution in [2.24, 2.45) is 5.73 Å². The maximum absolute atomic E-state index is 12.7. The van der Waals surface area contributed by atoms with E-state index in [9.17, 15) is 4.79 Å². The number of nitrogens with zero attached hydrogens (tertiary/aromatic N) is 1. The number of furan rings is 1. The molecule has 0 spiro atoms. The molecule has 0 aliphatic rings. The maximum atomic E-state index is 12.7. The molecule has 1 amide bonds. The lowest BCUT2D eigenvalue weighted by atomic mass is 10.1. The molecule has 0 radical (unpaired) electrons. The van der Waals surface area contributed by atoms with Gasteiger partial charge in [0.2, 0.25) is 0 Å². The van der Waals surface area contributed by atoms with Crippen molar-refractivity contribution in [1.82, 2.24) is 4.90 Å². The molecule has 2 aromatic rings. The van der Waals surface area contributed by atoms with Crippen molar-refractivity contribution in [2.75, 3.05) is 13.1 Å². The molecule has 114 valence electrons. The zero-order valence-corrected chi connectivity index (χ0v) is 13.1. The SMILES string of the molecule is CCC(CC)N(CCN)C(=O)c1cc2cc(C)ccc2o1. The van der Waals surface area contributed by atoms with E-state index in [-0.39, 0.29) is 11.9 Å². The highest BCUT2D eigenvalue weighted by Gasteiger charge is 2.24. The van der Waals surface area contributed by atoms with Gasteiger partial charge in [-0.2, -0.15) is 0 Å². The van der Waals surface area contributed by atoms with Crippen LogP contribution in [0.2, 0.25) is 0 Å². The number of rotatable bonds is 6. The molecule has 4 nitrogen and oxygen atoms in total. The van der Waals surface area contributed by atoms with Crippen LogP contribution < -0.4 is 5.73 Å². The molecule has 0 atom stereocenters. The second kappa shape index (κ2) is 6.76. The molecule has 0 unspecified atom stereocenters. The van der Waals surface area contributed by atoms with E-state index >= 15 is 0 Å². The van der Waals surface area contributed by atoms with Gasteiger partial charge in [-0.15, -0.1) is 0 Å². The number of fused-ring (bicyclic) bond motifs is 1. The van der Waals surface area contributed by atoms with E-state index in [1.165, 1.54) is 0 Å². The number of hydrogen-bond acceptors (Lipinski definition) is 3. The van der Waals surface area contributed by atoms with Gasteiger partial charge in [-0.25, -0.2) is 0 Å². The number of hydrogen-bond donors (Lipinski definition) is 1. The van der Waals surface area contributed by atoms with Crippen LogP contribution in [-0.2, 0) is 0 Å². The largest absolute Gasteiger partial charge is 0.451 e. The smallest absolute Gasteiger partial charge is 0.289 e. The Kier molecular flexibility index (Phi) is 5.02. The molecule has 0 fully saturated rings. The van der Waals surface area contributed by atoms with Gasteiger partial charge >= 0.3 is 0 Å². The lowest BCUT2D eigenvalue weighted by Gasteiger charge is -2.29. The van der Waals surface area contributed by atoms with Crippen molar-refractivity contribution in [2.45, 2.75) is 39.7 Å². The average Bonchev–Trinajstić information content (AvgIpc) is 2.89. The fraction of sp³-hybridized carbons (Fsp3) is 0.471. The van der Waals surface area contributed by atoms with Crippen LogP contribution >= 0.6 is 0 Å². The summed E-state index contributed by atoms with van der Waals surface area (Å²) in [5.74, 6) is 0.332. The predicted octanol–water partition coefficient (Wildman–Crippen LogP) is 3.33. The van der Waals surface area contributed by atoms with Crippen LogP contribution in [0.5, 0.6) is 0 Å². The molecule has 0 aliphatic carbocycles. The van der Waals surface area contributed by atoms with Gasteiger partial charge in [-0.1, -0.05) is 25.5 Å². The lowest BCUT2D eigenvalue weighted by Crippen LogP contribution is -2.42. The van der Waals surface area contributed by atoms with E-state index in [0.29, 0.717) is 18.8 Å². The minimum atomic E-state index is -0.0667. The van der Waals surface area contributed by atoms with Crippen LogP contribution in [-0.4, -0.2) is 29.9 Å². The van der Waals surface area contributed by atoms with Gasteiger partial charge in [0.25, 0.3) is 5.91 Å². The molecule has 2 rings (SSSR count). The van der Waals surface area contributed by atoms with Crippen molar-refractivity contribution in [3.8, 4) is 0 Å². The number of nitrogens with two attached hydrogens (primary N) is 1. The third-order valence-electron chi connectivity index (χ3n) is 3.90. The summed E-state index contributed by atoms with van der Waals surface area (Å²) < 4.78 is 5.72. The summed E-state index contributed by atoms with van der Waals surface area (Å²) in [7, 11) is 0. The van der Waals surface area contributed by atoms with E-state index in [4.69, 9.17) is 10.2 Å². The first-order valence-corrected chi connectivity index (χ1v) is 7.61. The summed E-state index contributed by atoms with van der Waals surface area (Å²) in [6.45, 7) is 7.22. The first-order chi connectivity index (χ1) is 10.1. The van der Waals surface area contributed by atoms with Crippen molar-refractivity contribution in [1.29, 1.82) is 0 Å². The van der Waals surface area contributed by atoms with Crippen molar-refractivity contribution < 1.29 is 9.21 Å². The molecule has 1 aromatic heterocycles. The molecule has 0 saturated heterocycles. The quantitative estimate of drug-likeness (QED) is 0.887. The van der Waals surface area contributed by atoms with Gasteiger partial charge in [0.15, 0.2) is 5.76 Å². The highest BCUT2D eigenvalue weighted by molar-refractivity contribution is 5.96. The molecule has 1 heterocycles. The number of benzene rings is 1. The third kappa shape index (κ3) is 3.27. The van der Waals surface area contributed by atoms with Gasteiger partial charge in [0.1, 0.15) is 5.58 Å². The fourth-order valence-electron chi connectivity index (χ4n) is 2.73. The summed E-state index contributed by atoms with van der Waals surface area (Å²) in [5, 5.41) is 0.968. The number of aryl methyl sites for hydroxylation is 1. The summed E-state index contributed by atoms with van der Waals surface area (Å²) in [5.41, 5.74) is 7.57. The Labute approximate surface area is 125 Å². The Morgan fingerprint density at radius 3 is 2.62 bits per heavy atom. The summed E-state index contributed by atoms with van der Waals surface area (Å²) >= 11 is 0. The number of amides is 1. The van der Waals surface area contributed by atoms with Crippen molar-refractivity contribution in [3.05, 3.63) is 35.6 Å². The molecule has 0 aliphatic heterocycles. The van der Waals surface area contributed by atoms with Gasteiger partial charge in [0, 0.05) is 24.5 Å². The molecule has 0 saturated carbocycles. The van der Waals surface area contributed by atoms with E-state index in [0.717, 1.165) is 29.4 Å². The second-order valence-corrected chi connectivity index (χ2v) is 5.41. The van der Waals surface area contributed by atoms with Gasteiger partial charge in [-0.05, 0) is 38.0 Å². The van der Waals surface area contributed by atoms with Crippen LogP contribution in [0.1, 0.15) is 42.8 Å². The highest BCUT2D eigenvalue weighted by atomic mass is 16.3. The zero-order valence-electron chi connectivity index (χ0n) is 13.1. The molecule has 1 aromatic carbocycles. The van der Waals surface area contributed by atoms with Crippen molar-refractivity contribution in [3.63, 3.8) is 0 Å². The van der Waals surface area contributed by atoms with E-state index in [2.05, 4.69) is 13.8 Å². The maximum Gasteiger partial charge on any atom is 0.289 e. The monoisotopic (exact) mass is 288 g/mol. The van der Waals surface area contributed by atoms with Crippen molar-refractivity contribution >= 4 is 16.9 Å². The highest BCUT2D eigenvalue weighted by Crippen LogP contribution is 2.23. The van der Waals surface area contributed by atoms with Gasteiger partial charge < -0.3 is 15.1 Å². The standard InChI is InChI=1S/C17H24N2O2/c1-4-14(5-2)19(9-8-18)17(20)16-11-13-10-12(3)6-7-15(13)21-16/h6-7,10-11,14H,4-5,8-9,18H2,1-3H3. The summed E-state index contributed by atoms with van der Waals surface area (Å²) in [6.07, 6.45) is 1.84. The van der Waals surface area contributed by atoms with Crippen LogP contribution in [0.4, 0.5) is 0 Å². The van der Waals surface area contributed by atoms with Crippen LogP contribution in [0.25, 0.3) is 11.0 Å². The van der Waals surface area contributed by atoms with Gasteiger partial charge in [-0.3, -0.25) is 4.79 Å². The normalized spacial score (nSPS) is 11.3. The Morgan fingerprint density at radius 2 is 2.00 bits per heavy atom. The Morgan fingerprint density at radius 1 is 1.29 bits per heavy atom. The average molecular weight is 288 g/mol. The molecule has 2 N–H and O–H groups in total. The molecule has 4 heteroatoms. The summed E-state index contributed by atoms with van der Waals surface area (Å²) in [6, 6.07) is 7.96. The molecule has 0 bridgehead atoms. The minimum Gasteiger partial charge on any atom is -0.451 e. The number of carbonyl (C=O) groups is 1. The van der Waals surface area contributed by atoms with E-state index in [1.54, 1.807) is 0 Å². The van der Waals surface area contributed by atoms with Crippen LogP contribution in [0, 0.1) is 6.92 Å². The first kappa shape index (κ1) is 15.6. The second-order valence-electron chi connectivity index (χ2n) is 5.41. The predicted molar refractivity (Wildman–Crippen MR) is 85.4 cm³/mol. The number of carbonyl (C=O) groups excluding carboxylic acids is 1. The Hall–Kier alpha value is -1.81. The Balaban J connectivity index is 2.33. The lowest BCUT2D eigenvalue weighted by molar-refractivity contribution is 0.0644. The molecule has 21 heavy (non-hydrogen) atoms. The first-order valence-electron chi connectivity index (χ1n) is 7.61. The zero-order chi connectivity index (χ0) is 15.4. The van der Waals surface area contributed by atoms with Crippen LogP contribution in [0.15, 0.2) is 28.7 Å². The topological polar surface area (TPSA) is 59.5 Å². The molecular weight excluding hydrogens is 264 g/mol. The Bertz CT molecular complexity index is 614.